The number of rotatable bonds is 0. The highest BCUT2D eigenvalue weighted by atomic mass is 16.7. The number of benzene rings is 5. The normalized spacial score (nSPS) is 23.9. The van der Waals surface area contributed by atoms with Crippen LogP contribution in [0.4, 0.5) is 0 Å². The lowest BCUT2D eigenvalue weighted by Crippen LogP contribution is -2.63. The largest absolute Gasteiger partial charge is 0.505 e. The van der Waals surface area contributed by atoms with E-state index in [9.17, 15) is 64.5 Å². The molecule has 11 rings (SSSR count). The number of fused-ring (bicyclic) bond motifs is 8. The number of hydrogen-bond donors (Lipinski definition) is 7. The van der Waals surface area contributed by atoms with Crippen LogP contribution in [0.25, 0.3) is 33.2 Å². The predicted molar refractivity (Wildman–Crippen MR) is 222 cm³/mol. The summed E-state index contributed by atoms with van der Waals surface area (Å²) in [6, 6.07) is 11.0. The highest BCUT2D eigenvalue weighted by molar-refractivity contribution is 6.10. The molecule has 0 amide bonds. The molecular formula is C46H28N2O22. The Hall–Kier alpha value is -9.45. The molecule has 0 radical (unpaired) electrons. The summed E-state index contributed by atoms with van der Waals surface area (Å²) in [4.78, 5) is 110. The first-order valence-corrected chi connectivity index (χ1v) is 20.7. The summed E-state index contributed by atoms with van der Waals surface area (Å²) >= 11 is 0. The van der Waals surface area contributed by atoms with Gasteiger partial charge in [-0.2, -0.15) is 0 Å². The number of aromatic hydroxyl groups is 7. The molecule has 8 bridgehead atoms. The smallest absolute Gasteiger partial charge is 0.340 e. The zero-order chi connectivity index (χ0) is 49.2. The van der Waals surface area contributed by atoms with Crippen molar-refractivity contribution in [1.29, 1.82) is 0 Å². The molecule has 1 saturated heterocycles. The highest BCUT2D eigenvalue weighted by Gasteiger charge is 2.58. The van der Waals surface area contributed by atoms with Crippen LogP contribution in [0.2, 0.25) is 0 Å². The van der Waals surface area contributed by atoms with Gasteiger partial charge in [-0.1, -0.05) is 12.1 Å². The summed E-state index contributed by atoms with van der Waals surface area (Å²) in [5, 5.41) is 77.0. The van der Waals surface area contributed by atoms with E-state index in [1.807, 2.05) is 0 Å². The van der Waals surface area contributed by atoms with Crippen LogP contribution in [0.1, 0.15) is 59.3 Å². The average Bonchev–Trinajstić information content (AvgIpc) is 3.49. The molecule has 24 heteroatoms. The van der Waals surface area contributed by atoms with Gasteiger partial charge in [-0.05, 0) is 48.5 Å². The standard InChI is InChI=1S/C46H28N2O22/c49-22-8-14-15(9-23(22)50)42(59)69-39-38-36(67-44(61)16-7-21-32(35(56)29(14)16)48-20-4-2-1-3-19(20)47-21)27-12-63-41(58)17-10-25(52)34(55)37-30(17)31(45(62)68-38)18(11-28(53)66-37)43(60)64-26-6-13(5-24(51)33(26)54)40(57)70-46(39)65-27/h1-10,18,27,31,36,38-39,46,49-52,54-56H,11-12H2. The van der Waals surface area contributed by atoms with Crippen LogP contribution in [0.3, 0.4) is 0 Å². The van der Waals surface area contributed by atoms with E-state index in [-0.39, 0.29) is 16.6 Å². The van der Waals surface area contributed by atoms with Crippen molar-refractivity contribution in [3.8, 4) is 62.9 Å². The summed E-state index contributed by atoms with van der Waals surface area (Å²) in [6.07, 6.45) is -12.2. The SMILES string of the molecule is O=C1CC2C(=O)Oc3cc(cc(O)c3O)C(=O)OC3OC4COC(=O)c5cc(O)c(O)c(c5C2C(=O)OC2C4OC(=O)c4cc5nc6ccccc6nc5c(O)c4-c4cc(O)c(O)cc4C(=O)OC32)O1. The number of phenols is 7. The van der Waals surface area contributed by atoms with Crippen LogP contribution in [0.15, 0.2) is 60.7 Å². The number of carbonyl (C=O) groups excluding carboxylic acids is 7. The average molecular weight is 961 g/mol. The molecule has 0 aliphatic carbocycles. The molecule has 7 atom stereocenters. The molecule has 0 saturated carbocycles. The number of cyclic esters (lactones) is 1. The molecular weight excluding hydrogens is 932 g/mol. The maximum absolute atomic E-state index is 15.2. The molecule has 0 spiro atoms. The molecule has 7 unspecified atom stereocenters. The van der Waals surface area contributed by atoms with E-state index in [0.29, 0.717) is 29.8 Å². The van der Waals surface area contributed by atoms with Crippen LogP contribution >= 0.6 is 0 Å². The van der Waals surface area contributed by atoms with E-state index in [1.54, 1.807) is 24.3 Å². The lowest BCUT2D eigenvalue weighted by Gasteiger charge is -2.44. The summed E-state index contributed by atoms with van der Waals surface area (Å²) < 4.78 is 46.1. The summed E-state index contributed by atoms with van der Waals surface area (Å²) in [5.74, 6) is -24.2. The molecule has 6 aromatic rings. The Morgan fingerprint density at radius 2 is 1.21 bits per heavy atom. The number of para-hydroxylation sites is 2. The molecule has 24 nitrogen and oxygen atoms in total. The maximum atomic E-state index is 15.2. The Morgan fingerprint density at radius 1 is 0.543 bits per heavy atom. The molecule has 354 valence electrons. The number of carbonyl (C=O) groups is 7. The second-order valence-electron chi connectivity index (χ2n) is 16.4. The van der Waals surface area contributed by atoms with Gasteiger partial charge in [0.2, 0.25) is 23.9 Å². The molecule has 1 fully saturated rings. The molecule has 5 aliphatic heterocycles. The van der Waals surface area contributed by atoms with Crippen LogP contribution in [-0.2, 0) is 42.8 Å². The monoisotopic (exact) mass is 960 g/mol. The van der Waals surface area contributed by atoms with Gasteiger partial charge in [0.25, 0.3) is 0 Å². The fourth-order valence-electron chi connectivity index (χ4n) is 8.99. The summed E-state index contributed by atoms with van der Waals surface area (Å²) in [7, 11) is 0. The number of ether oxygens (including phenoxy) is 8. The van der Waals surface area contributed by atoms with Gasteiger partial charge in [0, 0.05) is 16.7 Å². The van der Waals surface area contributed by atoms with Crippen molar-refractivity contribution in [2.24, 2.45) is 5.92 Å². The van der Waals surface area contributed by atoms with Gasteiger partial charge in [0.15, 0.2) is 52.5 Å². The lowest BCUT2D eigenvalue weighted by atomic mass is 9.81. The molecule has 6 heterocycles. The van der Waals surface area contributed by atoms with Crippen LogP contribution in [-0.4, -0.2) is 125 Å². The van der Waals surface area contributed by atoms with Gasteiger partial charge >= 0.3 is 41.8 Å². The molecule has 70 heavy (non-hydrogen) atoms. The first kappa shape index (κ1) is 43.1. The third-order valence-corrected chi connectivity index (χ3v) is 12.2. The molecule has 1 aromatic heterocycles. The van der Waals surface area contributed by atoms with E-state index in [4.69, 9.17) is 37.9 Å². The van der Waals surface area contributed by atoms with E-state index >= 15 is 4.79 Å². The minimum absolute atomic E-state index is 0.119. The third kappa shape index (κ3) is 6.67. The van der Waals surface area contributed by atoms with Gasteiger partial charge in [-0.25, -0.2) is 29.1 Å². The number of phenolic OH excluding ortho intramolecular Hbond substituents is 7. The Labute approximate surface area is 387 Å². The Balaban J connectivity index is 1.18. The van der Waals surface area contributed by atoms with Crippen LogP contribution in [0, 0.1) is 5.92 Å². The predicted octanol–water partition coefficient (Wildman–Crippen LogP) is 2.75. The van der Waals surface area contributed by atoms with Crippen LogP contribution in [0.5, 0.6) is 51.7 Å². The van der Waals surface area contributed by atoms with E-state index < -0.39 is 188 Å². The van der Waals surface area contributed by atoms with Gasteiger partial charge in [-0.15, -0.1) is 0 Å². The van der Waals surface area contributed by atoms with Crippen molar-refractivity contribution in [2.45, 2.75) is 43.0 Å². The fourth-order valence-corrected chi connectivity index (χ4v) is 8.99. The summed E-state index contributed by atoms with van der Waals surface area (Å²) in [5.41, 5.74) is -4.45. The first-order chi connectivity index (χ1) is 33.4. The van der Waals surface area contributed by atoms with Gasteiger partial charge in [0.1, 0.15) is 24.1 Å². The molecule has 7 N–H and O–H groups in total. The van der Waals surface area contributed by atoms with Crippen molar-refractivity contribution >= 4 is 63.9 Å². The van der Waals surface area contributed by atoms with Crippen LogP contribution < -0.4 is 9.47 Å². The Morgan fingerprint density at radius 3 is 1.97 bits per heavy atom. The minimum atomic E-state index is -2.35. The second kappa shape index (κ2) is 15.6. The Bertz CT molecular complexity index is 3420. The second-order valence-corrected chi connectivity index (χ2v) is 16.4. The zero-order valence-electron chi connectivity index (χ0n) is 34.9. The molecule has 5 aliphatic rings. The van der Waals surface area contributed by atoms with Crippen molar-refractivity contribution in [1.82, 2.24) is 9.97 Å². The maximum Gasteiger partial charge on any atom is 0.340 e. The Kier molecular flexibility index (Phi) is 9.59. The van der Waals surface area contributed by atoms with Crippen molar-refractivity contribution < 1.29 is 107 Å². The van der Waals surface area contributed by atoms with Crippen molar-refractivity contribution in [3.05, 3.63) is 88.5 Å². The van der Waals surface area contributed by atoms with E-state index in [1.165, 1.54) is 0 Å². The minimum Gasteiger partial charge on any atom is -0.505 e. The lowest BCUT2D eigenvalue weighted by molar-refractivity contribution is -0.287. The van der Waals surface area contributed by atoms with Gasteiger partial charge in [-0.3, -0.25) is 14.4 Å². The number of aromatic nitrogens is 2. The van der Waals surface area contributed by atoms with Gasteiger partial charge in [0.05, 0.1) is 51.1 Å². The fraction of sp³-hybridized carbons (Fsp3) is 0.196. The first-order valence-electron chi connectivity index (χ1n) is 20.7. The van der Waals surface area contributed by atoms with Crippen molar-refractivity contribution in [2.75, 3.05) is 6.61 Å². The van der Waals surface area contributed by atoms with E-state index in [0.717, 1.165) is 12.1 Å². The highest BCUT2D eigenvalue weighted by Crippen LogP contribution is 2.51. The topological polar surface area (TPSA) is 361 Å². The van der Waals surface area contributed by atoms with E-state index in [2.05, 4.69) is 9.97 Å². The number of esters is 7. The number of nitrogens with zero attached hydrogens (tertiary/aromatic N) is 2. The molecule has 5 aromatic carbocycles. The summed E-state index contributed by atoms with van der Waals surface area (Å²) in [6.45, 7) is -1.06. The quantitative estimate of drug-likeness (QED) is 0.0378. The number of hydrogen-bond acceptors (Lipinski definition) is 24. The van der Waals surface area contributed by atoms with Crippen molar-refractivity contribution in [3.63, 3.8) is 0 Å². The van der Waals surface area contributed by atoms with Gasteiger partial charge < -0.3 is 73.6 Å². The zero-order valence-corrected chi connectivity index (χ0v) is 34.9. The third-order valence-electron chi connectivity index (χ3n) is 12.2.